The van der Waals surface area contributed by atoms with Gasteiger partial charge in [0.25, 0.3) is 5.91 Å². The van der Waals surface area contributed by atoms with Crippen LogP contribution in [0, 0.1) is 13.8 Å². The fourth-order valence-corrected chi connectivity index (χ4v) is 1.51. The second-order valence-electron chi connectivity index (χ2n) is 4.31. The number of carbonyl (C=O) groups is 1. The van der Waals surface area contributed by atoms with E-state index in [0.717, 1.165) is 16.9 Å². The van der Waals surface area contributed by atoms with Crippen LogP contribution in [0.5, 0.6) is 5.75 Å². The summed E-state index contributed by atoms with van der Waals surface area (Å²) in [5.41, 5.74) is 7.40. The van der Waals surface area contributed by atoms with Crippen molar-refractivity contribution >= 4 is 5.91 Å². The number of nitrogens with two attached hydrogens (primary N) is 1. The Kier molecular flexibility index (Phi) is 6.92. The molecule has 19 heavy (non-hydrogen) atoms. The first-order valence-electron chi connectivity index (χ1n) is 6.38. The molecule has 0 aliphatic carbocycles. The Labute approximate surface area is 114 Å². The molecule has 0 heterocycles. The van der Waals surface area contributed by atoms with Crippen molar-refractivity contribution in [2.24, 2.45) is 5.73 Å². The molecule has 5 nitrogen and oxygen atoms in total. The first kappa shape index (κ1) is 15.5. The monoisotopic (exact) mass is 266 g/mol. The normalized spacial score (nSPS) is 10.3. The molecule has 1 rings (SSSR count). The Balaban J connectivity index is 2.24. The molecule has 3 N–H and O–H groups in total. The number of benzene rings is 1. The Morgan fingerprint density at radius 1 is 1.32 bits per heavy atom. The van der Waals surface area contributed by atoms with Crippen molar-refractivity contribution in [2.45, 2.75) is 13.8 Å². The summed E-state index contributed by atoms with van der Waals surface area (Å²) in [4.78, 5) is 11.5. The van der Waals surface area contributed by atoms with Gasteiger partial charge in [-0.15, -0.1) is 0 Å². The number of hydrogen-bond donors (Lipinski definition) is 2. The van der Waals surface area contributed by atoms with Gasteiger partial charge < -0.3 is 20.5 Å². The van der Waals surface area contributed by atoms with E-state index in [1.165, 1.54) is 0 Å². The van der Waals surface area contributed by atoms with Gasteiger partial charge in [0, 0.05) is 13.1 Å². The van der Waals surface area contributed by atoms with Crippen molar-refractivity contribution in [2.75, 3.05) is 32.9 Å². The molecular formula is C14H22N2O3. The van der Waals surface area contributed by atoms with Crippen LogP contribution in [-0.4, -0.2) is 38.8 Å². The first-order valence-corrected chi connectivity index (χ1v) is 6.38. The molecule has 0 fully saturated rings. The third-order valence-corrected chi connectivity index (χ3v) is 2.53. The Morgan fingerprint density at radius 3 is 2.84 bits per heavy atom. The van der Waals surface area contributed by atoms with Crippen molar-refractivity contribution in [1.82, 2.24) is 5.32 Å². The fraction of sp³-hybridized carbons (Fsp3) is 0.500. The molecule has 5 heteroatoms. The molecule has 1 amide bonds. The minimum atomic E-state index is -0.155. The van der Waals surface area contributed by atoms with Crippen molar-refractivity contribution in [3.63, 3.8) is 0 Å². The Bertz CT molecular complexity index is 408. The molecular weight excluding hydrogens is 244 g/mol. The molecule has 0 radical (unpaired) electrons. The smallest absolute Gasteiger partial charge is 0.258 e. The molecule has 0 aliphatic rings. The van der Waals surface area contributed by atoms with Crippen LogP contribution in [0.3, 0.4) is 0 Å². The van der Waals surface area contributed by atoms with Gasteiger partial charge in [-0.25, -0.2) is 0 Å². The predicted octanol–water partition coefficient (Wildman–Crippen LogP) is 0.774. The number of amides is 1. The van der Waals surface area contributed by atoms with Crippen molar-refractivity contribution in [3.8, 4) is 5.75 Å². The predicted molar refractivity (Wildman–Crippen MR) is 74.3 cm³/mol. The van der Waals surface area contributed by atoms with Crippen LogP contribution >= 0.6 is 0 Å². The zero-order valence-corrected chi connectivity index (χ0v) is 11.6. The SMILES string of the molecule is Cc1ccc(C)c(OCC(=O)NCCOCCN)c1. The summed E-state index contributed by atoms with van der Waals surface area (Å²) in [6.45, 7) is 5.88. The Hall–Kier alpha value is -1.59. The lowest BCUT2D eigenvalue weighted by Crippen LogP contribution is -2.32. The van der Waals surface area contributed by atoms with Gasteiger partial charge in [0.05, 0.1) is 13.2 Å². The van der Waals surface area contributed by atoms with Crippen LogP contribution in [0.15, 0.2) is 18.2 Å². The third kappa shape index (κ3) is 6.22. The zero-order valence-electron chi connectivity index (χ0n) is 11.6. The van der Waals surface area contributed by atoms with Gasteiger partial charge >= 0.3 is 0 Å². The molecule has 0 unspecified atom stereocenters. The lowest BCUT2D eigenvalue weighted by Gasteiger charge is -2.10. The van der Waals surface area contributed by atoms with Crippen molar-refractivity contribution in [1.29, 1.82) is 0 Å². The first-order chi connectivity index (χ1) is 9.13. The van der Waals surface area contributed by atoms with Crippen LogP contribution < -0.4 is 15.8 Å². The number of carbonyl (C=O) groups excluding carboxylic acids is 1. The molecule has 1 aromatic carbocycles. The van der Waals surface area contributed by atoms with Crippen LogP contribution in [0.1, 0.15) is 11.1 Å². The number of aryl methyl sites for hydroxylation is 2. The maximum absolute atomic E-state index is 11.5. The zero-order chi connectivity index (χ0) is 14.1. The van der Waals surface area contributed by atoms with Crippen LogP contribution in [0.4, 0.5) is 0 Å². The summed E-state index contributed by atoms with van der Waals surface area (Å²) in [5, 5.41) is 2.72. The van der Waals surface area contributed by atoms with Gasteiger partial charge in [-0.3, -0.25) is 4.79 Å². The average molecular weight is 266 g/mol. The van der Waals surface area contributed by atoms with Crippen LogP contribution in [0.25, 0.3) is 0 Å². The molecule has 106 valence electrons. The molecule has 0 saturated carbocycles. The highest BCUT2D eigenvalue weighted by atomic mass is 16.5. The minimum Gasteiger partial charge on any atom is -0.483 e. The van der Waals surface area contributed by atoms with E-state index < -0.39 is 0 Å². The van der Waals surface area contributed by atoms with E-state index in [1.807, 2.05) is 32.0 Å². The Morgan fingerprint density at radius 2 is 2.11 bits per heavy atom. The van der Waals surface area contributed by atoms with Gasteiger partial charge in [-0.2, -0.15) is 0 Å². The largest absolute Gasteiger partial charge is 0.483 e. The van der Waals surface area contributed by atoms with E-state index in [9.17, 15) is 4.79 Å². The van der Waals surface area contributed by atoms with E-state index in [1.54, 1.807) is 0 Å². The third-order valence-electron chi connectivity index (χ3n) is 2.53. The van der Waals surface area contributed by atoms with E-state index >= 15 is 0 Å². The summed E-state index contributed by atoms with van der Waals surface area (Å²) in [6.07, 6.45) is 0. The van der Waals surface area contributed by atoms with E-state index in [0.29, 0.717) is 26.3 Å². The average Bonchev–Trinajstić information content (AvgIpc) is 2.39. The number of hydrogen-bond acceptors (Lipinski definition) is 4. The van der Waals surface area contributed by atoms with Gasteiger partial charge in [0.2, 0.25) is 0 Å². The van der Waals surface area contributed by atoms with E-state index in [-0.39, 0.29) is 12.5 Å². The van der Waals surface area contributed by atoms with Crippen LogP contribution in [0.2, 0.25) is 0 Å². The van der Waals surface area contributed by atoms with Crippen LogP contribution in [-0.2, 0) is 9.53 Å². The minimum absolute atomic E-state index is 0.0151. The maximum atomic E-state index is 11.5. The molecule has 0 bridgehead atoms. The molecule has 0 saturated heterocycles. The number of rotatable bonds is 8. The van der Waals surface area contributed by atoms with E-state index in [2.05, 4.69) is 5.32 Å². The highest BCUT2D eigenvalue weighted by Crippen LogP contribution is 2.18. The van der Waals surface area contributed by atoms with Gasteiger partial charge in [0.15, 0.2) is 6.61 Å². The highest BCUT2D eigenvalue weighted by molar-refractivity contribution is 5.77. The molecule has 1 aromatic rings. The lowest BCUT2D eigenvalue weighted by atomic mass is 10.1. The second-order valence-corrected chi connectivity index (χ2v) is 4.31. The summed E-state index contributed by atoms with van der Waals surface area (Å²) in [5.74, 6) is 0.590. The summed E-state index contributed by atoms with van der Waals surface area (Å²) < 4.78 is 10.6. The van der Waals surface area contributed by atoms with Crippen molar-refractivity contribution in [3.05, 3.63) is 29.3 Å². The molecule has 0 spiro atoms. The molecule has 0 atom stereocenters. The number of nitrogens with one attached hydrogen (secondary N) is 1. The molecule has 0 aliphatic heterocycles. The lowest BCUT2D eigenvalue weighted by molar-refractivity contribution is -0.123. The maximum Gasteiger partial charge on any atom is 0.258 e. The van der Waals surface area contributed by atoms with E-state index in [4.69, 9.17) is 15.2 Å². The molecule has 0 aromatic heterocycles. The quantitative estimate of drug-likeness (QED) is 0.682. The fourth-order valence-electron chi connectivity index (χ4n) is 1.51. The summed E-state index contributed by atoms with van der Waals surface area (Å²) in [7, 11) is 0. The van der Waals surface area contributed by atoms with Crippen molar-refractivity contribution < 1.29 is 14.3 Å². The van der Waals surface area contributed by atoms with Gasteiger partial charge in [-0.1, -0.05) is 12.1 Å². The number of ether oxygens (including phenoxy) is 2. The topological polar surface area (TPSA) is 73.6 Å². The standard InChI is InChI=1S/C14H22N2O3/c1-11-3-4-12(2)13(9-11)19-10-14(17)16-6-8-18-7-5-15/h3-4,9H,5-8,10,15H2,1-2H3,(H,16,17). The second kappa shape index (κ2) is 8.50. The van der Waals surface area contributed by atoms with Gasteiger partial charge in [0.1, 0.15) is 5.75 Å². The summed E-state index contributed by atoms with van der Waals surface area (Å²) >= 11 is 0. The van der Waals surface area contributed by atoms with Gasteiger partial charge in [-0.05, 0) is 31.0 Å². The highest BCUT2D eigenvalue weighted by Gasteiger charge is 2.04. The summed E-state index contributed by atoms with van der Waals surface area (Å²) in [6, 6.07) is 5.91.